The van der Waals surface area contributed by atoms with Crippen LogP contribution in [0.5, 0.6) is 5.75 Å². The van der Waals surface area contributed by atoms with Crippen molar-refractivity contribution in [3.05, 3.63) is 30.1 Å². The van der Waals surface area contributed by atoms with E-state index in [0.29, 0.717) is 22.4 Å². The molecule has 0 fully saturated rings. The minimum absolute atomic E-state index is 0.0448. The van der Waals surface area contributed by atoms with Gasteiger partial charge in [0.15, 0.2) is 5.16 Å². The number of rotatable bonds is 7. The lowest BCUT2D eigenvalue weighted by Gasteiger charge is -2.06. The minimum Gasteiger partial charge on any atom is -0.497 e. The van der Waals surface area contributed by atoms with Gasteiger partial charge in [0, 0.05) is 12.7 Å². The van der Waals surface area contributed by atoms with E-state index in [1.165, 1.54) is 0 Å². The Hall–Kier alpha value is -2.55. The molecule has 0 saturated carbocycles. The number of thioether (sulfide) groups is 1. The van der Waals surface area contributed by atoms with E-state index in [4.69, 9.17) is 9.84 Å². The number of carbonyl (C=O) groups excluding carboxylic acids is 1. The number of nitrogens with one attached hydrogen (secondary N) is 1. The van der Waals surface area contributed by atoms with E-state index in [-0.39, 0.29) is 18.1 Å². The monoisotopic (exact) mass is 336 g/mol. The van der Waals surface area contributed by atoms with E-state index in [1.54, 1.807) is 43.0 Å². The van der Waals surface area contributed by atoms with Crippen LogP contribution in [0, 0.1) is 0 Å². The smallest absolute Gasteiger partial charge is 0.313 e. The van der Waals surface area contributed by atoms with Crippen LogP contribution in [0.15, 0.2) is 29.4 Å². The Morgan fingerprint density at radius 3 is 2.61 bits per heavy atom. The van der Waals surface area contributed by atoms with Gasteiger partial charge < -0.3 is 19.7 Å². The molecule has 0 atom stereocenters. The lowest BCUT2D eigenvalue weighted by molar-refractivity contribution is -0.133. The van der Waals surface area contributed by atoms with Crippen LogP contribution in [-0.2, 0) is 23.1 Å². The Kier molecular flexibility index (Phi) is 5.58. The molecular weight excluding hydrogens is 320 g/mol. The third-order valence-electron chi connectivity index (χ3n) is 2.94. The summed E-state index contributed by atoms with van der Waals surface area (Å²) in [6, 6.07) is 6.97. The van der Waals surface area contributed by atoms with Crippen LogP contribution < -0.4 is 10.1 Å². The number of carboxylic acids is 1. The number of nitrogens with zero attached hydrogens (tertiary/aromatic N) is 3. The van der Waals surface area contributed by atoms with Gasteiger partial charge >= 0.3 is 5.97 Å². The minimum atomic E-state index is -0.934. The van der Waals surface area contributed by atoms with E-state index in [0.717, 1.165) is 11.8 Å². The summed E-state index contributed by atoms with van der Waals surface area (Å²) in [5.41, 5.74) is 0.651. The maximum atomic E-state index is 12.0. The lowest BCUT2D eigenvalue weighted by Crippen LogP contribution is -2.17. The average Bonchev–Trinajstić information content (AvgIpc) is 2.86. The van der Waals surface area contributed by atoms with E-state index >= 15 is 0 Å². The van der Waals surface area contributed by atoms with Crippen molar-refractivity contribution in [1.29, 1.82) is 0 Å². The molecule has 0 radical (unpaired) electrons. The molecule has 1 heterocycles. The van der Waals surface area contributed by atoms with Gasteiger partial charge in [-0.2, -0.15) is 0 Å². The number of aliphatic carboxylic acids is 1. The first-order valence-electron chi connectivity index (χ1n) is 6.66. The molecule has 8 nitrogen and oxygen atoms in total. The second kappa shape index (κ2) is 7.63. The maximum absolute atomic E-state index is 12.0. The zero-order valence-electron chi connectivity index (χ0n) is 12.6. The number of aromatic nitrogens is 3. The largest absolute Gasteiger partial charge is 0.497 e. The molecule has 1 amide bonds. The molecule has 0 aliphatic carbocycles. The van der Waals surface area contributed by atoms with Gasteiger partial charge in [0.1, 0.15) is 11.6 Å². The zero-order valence-corrected chi connectivity index (χ0v) is 13.5. The number of amides is 1. The third-order valence-corrected chi connectivity index (χ3v) is 3.95. The molecule has 0 spiro atoms. The van der Waals surface area contributed by atoms with Crippen molar-refractivity contribution in [2.45, 2.75) is 11.6 Å². The van der Waals surface area contributed by atoms with Gasteiger partial charge in [-0.25, -0.2) is 0 Å². The Morgan fingerprint density at radius 1 is 1.30 bits per heavy atom. The Balaban J connectivity index is 1.95. The average molecular weight is 336 g/mol. The summed E-state index contributed by atoms with van der Waals surface area (Å²) < 4.78 is 6.66. The number of ether oxygens (including phenoxy) is 1. The third kappa shape index (κ3) is 4.71. The van der Waals surface area contributed by atoms with Crippen LogP contribution >= 0.6 is 11.8 Å². The molecule has 23 heavy (non-hydrogen) atoms. The fraction of sp³-hybridized carbons (Fsp3) is 0.286. The fourth-order valence-electron chi connectivity index (χ4n) is 1.77. The first-order chi connectivity index (χ1) is 11.0. The summed E-state index contributed by atoms with van der Waals surface area (Å²) in [4.78, 5) is 22.6. The van der Waals surface area contributed by atoms with Crippen LogP contribution in [0.4, 0.5) is 5.69 Å². The Bertz CT molecular complexity index is 699. The zero-order chi connectivity index (χ0) is 16.8. The SMILES string of the molecule is COc1ccc(NC(=O)Cc2nnc(SCC(=O)O)n2C)cc1. The second-order valence-corrected chi connectivity index (χ2v) is 5.54. The summed E-state index contributed by atoms with van der Waals surface area (Å²) in [6.45, 7) is 0. The van der Waals surface area contributed by atoms with Gasteiger partial charge in [-0.05, 0) is 24.3 Å². The highest BCUT2D eigenvalue weighted by molar-refractivity contribution is 7.99. The number of carboxylic acid groups (broad SMARTS) is 1. The first-order valence-corrected chi connectivity index (χ1v) is 7.65. The standard InChI is InChI=1S/C14H16N4O4S/c1-18-11(16-17-14(18)23-8-13(20)21)7-12(19)15-9-3-5-10(22-2)6-4-9/h3-6H,7-8H2,1-2H3,(H,15,19)(H,20,21). The first kappa shape index (κ1) is 16.8. The second-order valence-electron chi connectivity index (χ2n) is 4.59. The Morgan fingerprint density at radius 2 is 2.00 bits per heavy atom. The predicted molar refractivity (Wildman–Crippen MR) is 84.7 cm³/mol. The van der Waals surface area contributed by atoms with Crippen LogP contribution in [-0.4, -0.2) is 44.6 Å². The summed E-state index contributed by atoms with van der Waals surface area (Å²) >= 11 is 1.06. The molecule has 9 heteroatoms. The van der Waals surface area contributed by atoms with Crippen molar-refractivity contribution < 1.29 is 19.4 Å². The molecule has 1 aromatic heterocycles. The number of hydrogen-bond donors (Lipinski definition) is 2. The van der Waals surface area contributed by atoms with Crippen molar-refractivity contribution in [2.75, 3.05) is 18.2 Å². The molecule has 122 valence electrons. The molecule has 2 rings (SSSR count). The molecule has 0 unspecified atom stereocenters. The van der Waals surface area contributed by atoms with Gasteiger partial charge in [-0.3, -0.25) is 9.59 Å². The van der Waals surface area contributed by atoms with Crippen LogP contribution in [0.1, 0.15) is 5.82 Å². The number of anilines is 1. The molecule has 0 aliphatic heterocycles. The molecule has 0 aliphatic rings. The van der Waals surface area contributed by atoms with E-state index < -0.39 is 5.97 Å². The normalized spacial score (nSPS) is 10.3. The summed E-state index contributed by atoms with van der Waals surface area (Å²) in [7, 11) is 3.27. The molecule has 1 aromatic carbocycles. The molecule has 0 saturated heterocycles. The van der Waals surface area contributed by atoms with Crippen LogP contribution in [0.3, 0.4) is 0 Å². The molecular formula is C14H16N4O4S. The quantitative estimate of drug-likeness (QED) is 0.731. The van der Waals surface area contributed by atoms with E-state index in [9.17, 15) is 9.59 Å². The number of hydrogen-bond acceptors (Lipinski definition) is 6. The number of methoxy groups -OCH3 is 1. The van der Waals surface area contributed by atoms with Gasteiger partial charge in [0.25, 0.3) is 0 Å². The van der Waals surface area contributed by atoms with Crippen molar-refractivity contribution in [2.24, 2.45) is 7.05 Å². The molecule has 2 N–H and O–H groups in total. The predicted octanol–water partition coefficient (Wildman–Crippen LogP) is 1.18. The van der Waals surface area contributed by atoms with Crippen LogP contribution in [0.25, 0.3) is 0 Å². The molecule has 2 aromatic rings. The molecule has 0 bridgehead atoms. The van der Waals surface area contributed by atoms with Crippen molar-refractivity contribution >= 4 is 29.3 Å². The van der Waals surface area contributed by atoms with E-state index in [2.05, 4.69) is 15.5 Å². The van der Waals surface area contributed by atoms with Crippen LogP contribution in [0.2, 0.25) is 0 Å². The van der Waals surface area contributed by atoms with Crippen molar-refractivity contribution in [1.82, 2.24) is 14.8 Å². The van der Waals surface area contributed by atoms with Crippen molar-refractivity contribution in [3.8, 4) is 5.75 Å². The number of carbonyl (C=O) groups is 2. The Labute approximate surface area is 136 Å². The van der Waals surface area contributed by atoms with Gasteiger partial charge in [-0.15, -0.1) is 10.2 Å². The van der Waals surface area contributed by atoms with E-state index in [1.807, 2.05) is 0 Å². The summed E-state index contributed by atoms with van der Waals surface area (Å²) in [5.74, 6) is -0.109. The highest BCUT2D eigenvalue weighted by Gasteiger charge is 2.14. The summed E-state index contributed by atoms with van der Waals surface area (Å²) in [6.07, 6.45) is 0.0448. The fourth-order valence-corrected chi connectivity index (χ4v) is 2.42. The van der Waals surface area contributed by atoms with Gasteiger partial charge in [0.05, 0.1) is 19.3 Å². The van der Waals surface area contributed by atoms with Gasteiger partial charge in [0.2, 0.25) is 5.91 Å². The topological polar surface area (TPSA) is 106 Å². The lowest BCUT2D eigenvalue weighted by atomic mass is 10.3. The van der Waals surface area contributed by atoms with Gasteiger partial charge in [-0.1, -0.05) is 11.8 Å². The van der Waals surface area contributed by atoms with Crippen molar-refractivity contribution in [3.63, 3.8) is 0 Å². The highest BCUT2D eigenvalue weighted by Crippen LogP contribution is 2.17. The summed E-state index contributed by atoms with van der Waals surface area (Å²) in [5, 5.41) is 19.7. The maximum Gasteiger partial charge on any atom is 0.313 e. The number of benzene rings is 1. The highest BCUT2D eigenvalue weighted by atomic mass is 32.2.